The Labute approximate surface area is 138 Å². The van der Waals surface area contributed by atoms with Gasteiger partial charge in [0.2, 0.25) is 5.91 Å². The molecule has 0 saturated carbocycles. The van der Waals surface area contributed by atoms with Crippen LogP contribution in [0.2, 0.25) is 0 Å². The van der Waals surface area contributed by atoms with Crippen molar-refractivity contribution in [3.63, 3.8) is 0 Å². The van der Waals surface area contributed by atoms with Gasteiger partial charge in [0.15, 0.2) is 0 Å². The van der Waals surface area contributed by atoms with Crippen LogP contribution in [0.3, 0.4) is 0 Å². The lowest BCUT2D eigenvalue weighted by atomic mass is 10.1. The molecule has 1 aromatic carbocycles. The largest absolute Gasteiger partial charge is 0.367 e. The predicted molar refractivity (Wildman–Crippen MR) is 91.3 cm³/mol. The number of anilines is 1. The number of hydroxylamine groups is 2. The normalized spacial score (nSPS) is 22.6. The summed E-state index contributed by atoms with van der Waals surface area (Å²) in [5, 5.41) is 1.92. The third kappa shape index (κ3) is 3.85. The molecule has 0 spiro atoms. The molecule has 0 N–H and O–H groups in total. The summed E-state index contributed by atoms with van der Waals surface area (Å²) >= 11 is 0. The van der Waals surface area contributed by atoms with E-state index in [0.29, 0.717) is 13.0 Å². The Bertz CT molecular complexity index is 543. The second kappa shape index (κ2) is 7.32. The smallest absolute Gasteiger partial charge is 0.224 e. The van der Waals surface area contributed by atoms with Gasteiger partial charge >= 0.3 is 0 Å². The third-order valence-corrected chi connectivity index (χ3v) is 4.80. The van der Waals surface area contributed by atoms with Gasteiger partial charge in [-0.05, 0) is 31.9 Å². The standard InChI is InChI=1S/C18H27N3O2/c1-15-6-3-4-7-17(15)19-11-12-21(16(2)14-19)18(22)8-10-20-9-5-13-23-20/h3-4,6-7,16H,5,8-14H2,1-2H3/t16-/m1/s1. The Morgan fingerprint density at radius 1 is 1.26 bits per heavy atom. The van der Waals surface area contributed by atoms with E-state index in [-0.39, 0.29) is 11.9 Å². The second-order valence-electron chi connectivity index (χ2n) is 6.53. The van der Waals surface area contributed by atoms with Gasteiger partial charge in [0.1, 0.15) is 0 Å². The lowest BCUT2D eigenvalue weighted by Gasteiger charge is -2.41. The van der Waals surface area contributed by atoms with Crippen molar-refractivity contribution in [3.05, 3.63) is 29.8 Å². The maximum atomic E-state index is 12.5. The van der Waals surface area contributed by atoms with E-state index >= 15 is 0 Å². The summed E-state index contributed by atoms with van der Waals surface area (Å²) in [5.74, 6) is 0.248. The lowest BCUT2D eigenvalue weighted by molar-refractivity contribution is -0.140. The fourth-order valence-electron chi connectivity index (χ4n) is 3.50. The molecule has 2 saturated heterocycles. The zero-order valence-corrected chi connectivity index (χ0v) is 14.2. The van der Waals surface area contributed by atoms with Crippen LogP contribution in [-0.2, 0) is 9.63 Å². The van der Waals surface area contributed by atoms with E-state index in [4.69, 9.17) is 4.84 Å². The van der Waals surface area contributed by atoms with Gasteiger partial charge in [-0.3, -0.25) is 9.63 Å². The van der Waals surface area contributed by atoms with Gasteiger partial charge in [-0.2, -0.15) is 5.06 Å². The van der Waals surface area contributed by atoms with Crippen LogP contribution >= 0.6 is 0 Å². The van der Waals surface area contributed by atoms with Gasteiger partial charge in [0.05, 0.1) is 6.61 Å². The van der Waals surface area contributed by atoms with Crippen molar-refractivity contribution in [1.29, 1.82) is 0 Å². The number of aryl methyl sites for hydroxylation is 1. The van der Waals surface area contributed by atoms with E-state index in [1.807, 2.05) is 9.96 Å². The van der Waals surface area contributed by atoms with Crippen LogP contribution in [0.5, 0.6) is 0 Å². The molecular formula is C18H27N3O2. The summed E-state index contributed by atoms with van der Waals surface area (Å²) in [6.07, 6.45) is 1.62. The summed E-state index contributed by atoms with van der Waals surface area (Å²) in [5.41, 5.74) is 2.59. The average molecular weight is 317 g/mol. The Hall–Kier alpha value is -1.59. The summed E-state index contributed by atoms with van der Waals surface area (Å²) < 4.78 is 0. The highest BCUT2D eigenvalue weighted by Gasteiger charge is 2.28. The number of hydrogen-bond acceptors (Lipinski definition) is 4. The molecule has 0 radical (unpaired) electrons. The van der Waals surface area contributed by atoms with Gasteiger partial charge in [-0.1, -0.05) is 18.2 Å². The van der Waals surface area contributed by atoms with Crippen molar-refractivity contribution in [2.45, 2.75) is 32.7 Å². The number of carbonyl (C=O) groups is 1. The van der Waals surface area contributed by atoms with Gasteiger partial charge in [0.25, 0.3) is 0 Å². The van der Waals surface area contributed by atoms with E-state index in [0.717, 1.165) is 39.2 Å². The van der Waals surface area contributed by atoms with Crippen LogP contribution in [0, 0.1) is 6.92 Å². The molecule has 1 aromatic rings. The van der Waals surface area contributed by atoms with Crippen molar-refractivity contribution < 1.29 is 9.63 Å². The van der Waals surface area contributed by atoms with Crippen molar-refractivity contribution in [2.75, 3.05) is 44.2 Å². The SMILES string of the molecule is Cc1ccccc1N1CCN(C(=O)CCN2CCCO2)[C@H](C)C1. The van der Waals surface area contributed by atoms with Crippen LogP contribution < -0.4 is 4.90 Å². The number of piperazine rings is 1. The van der Waals surface area contributed by atoms with Crippen molar-refractivity contribution in [3.8, 4) is 0 Å². The minimum Gasteiger partial charge on any atom is -0.367 e. The van der Waals surface area contributed by atoms with Gasteiger partial charge < -0.3 is 9.80 Å². The van der Waals surface area contributed by atoms with Crippen LogP contribution in [0.25, 0.3) is 0 Å². The van der Waals surface area contributed by atoms with E-state index < -0.39 is 0 Å². The van der Waals surface area contributed by atoms with Crippen molar-refractivity contribution >= 4 is 11.6 Å². The molecule has 5 nitrogen and oxygen atoms in total. The number of carbonyl (C=O) groups excluding carboxylic acids is 1. The number of amides is 1. The Kier molecular flexibility index (Phi) is 5.18. The first-order chi connectivity index (χ1) is 11.1. The second-order valence-corrected chi connectivity index (χ2v) is 6.53. The van der Waals surface area contributed by atoms with Crippen molar-refractivity contribution in [1.82, 2.24) is 9.96 Å². The van der Waals surface area contributed by atoms with Gasteiger partial charge in [0, 0.05) is 50.9 Å². The highest BCUT2D eigenvalue weighted by molar-refractivity contribution is 5.77. The van der Waals surface area contributed by atoms with Crippen LogP contribution in [0.4, 0.5) is 5.69 Å². The number of nitrogens with zero attached hydrogens (tertiary/aromatic N) is 3. The molecule has 2 aliphatic heterocycles. The molecule has 2 fully saturated rings. The molecule has 1 amide bonds. The minimum atomic E-state index is 0.246. The molecule has 126 valence electrons. The van der Waals surface area contributed by atoms with Gasteiger partial charge in [-0.15, -0.1) is 0 Å². The Morgan fingerprint density at radius 3 is 2.78 bits per heavy atom. The van der Waals surface area contributed by atoms with Crippen molar-refractivity contribution in [2.24, 2.45) is 0 Å². The van der Waals surface area contributed by atoms with Gasteiger partial charge in [-0.25, -0.2) is 0 Å². The molecule has 0 unspecified atom stereocenters. The van der Waals surface area contributed by atoms with E-state index in [2.05, 4.69) is 43.0 Å². The number of para-hydroxylation sites is 1. The van der Waals surface area contributed by atoms with Crippen LogP contribution in [0.1, 0.15) is 25.3 Å². The fraction of sp³-hybridized carbons (Fsp3) is 0.611. The third-order valence-electron chi connectivity index (χ3n) is 4.80. The number of rotatable bonds is 4. The summed E-state index contributed by atoms with van der Waals surface area (Å²) in [7, 11) is 0. The summed E-state index contributed by atoms with van der Waals surface area (Å²) in [6.45, 7) is 9.35. The molecule has 5 heteroatoms. The molecule has 1 atom stereocenters. The maximum Gasteiger partial charge on any atom is 0.224 e. The van der Waals surface area contributed by atoms with Crippen LogP contribution in [-0.4, -0.2) is 61.2 Å². The molecule has 3 rings (SSSR count). The molecule has 0 aromatic heterocycles. The lowest BCUT2D eigenvalue weighted by Crippen LogP contribution is -2.54. The minimum absolute atomic E-state index is 0.246. The predicted octanol–water partition coefficient (Wildman–Crippen LogP) is 2.06. The molecule has 0 aliphatic carbocycles. The maximum absolute atomic E-state index is 12.5. The molecule has 2 heterocycles. The van der Waals surface area contributed by atoms with E-state index in [9.17, 15) is 4.79 Å². The Balaban J connectivity index is 1.53. The summed E-state index contributed by atoms with van der Waals surface area (Å²) in [4.78, 5) is 22.4. The monoisotopic (exact) mass is 317 g/mol. The average Bonchev–Trinajstić information content (AvgIpc) is 3.06. The Morgan fingerprint density at radius 2 is 2.09 bits per heavy atom. The first kappa shape index (κ1) is 16.3. The highest BCUT2D eigenvalue weighted by Crippen LogP contribution is 2.23. The molecule has 23 heavy (non-hydrogen) atoms. The van der Waals surface area contributed by atoms with E-state index in [1.54, 1.807) is 0 Å². The molecular weight excluding hydrogens is 290 g/mol. The topological polar surface area (TPSA) is 36.0 Å². The zero-order chi connectivity index (χ0) is 16.2. The first-order valence-electron chi connectivity index (χ1n) is 8.63. The first-order valence-corrected chi connectivity index (χ1v) is 8.63. The molecule has 0 bridgehead atoms. The number of hydrogen-bond donors (Lipinski definition) is 0. The highest BCUT2D eigenvalue weighted by atomic mass is 16.7. The van der Waals surface area contributed by atoms with E-state index in [1.165, 1.54) is 11.3 Å². The molecule has 2 aliphatic rings. The fourth-order valence-corrected chi connectivity index (χ4v) is 3.50. The number of benzene rings is 1. The summed E-state index contributed by atoms with van der Waals surface area (Å²) in [6, 6.07) is 8.72. The quantitative estimate of drug-likeness (QED) is 0.852. The zero-order valence-electron chi connectivity index (χ0n) is 14.2. The van der Waals surface area contributed by atoms with Crippen LogP contribution in [0.15, 0.2) is 24.3 Å².